The van der Waals surface area contributed by atoms with Crippen LogP contribution in [0, 0.1) is 0 Å². The largest absolute Gasteiger partial charge is 0.478 e. The highest BCUT2D eigenvalue weighted by atomic mass is 32.2. The van der Waals surface area contributed by atoms with Crippen LogP contribution >= 0.6 is 0 Å². The molecule has 15 heavy (non-hydrogen) atoms. The molecule has 0 aliphatic carbocycles. The van der Waals surface area contributed by atoms with Crippen molar-refractivity contribution >= 4 is 21.5 Å². The van der Waals surface area contributed by atoms with Crippen molar-refractivity contribution in [2.24, 2.45) is 0 Å². The highest BCUT2D eigenvalue weighted by Crippen LogP contribution is 2.26. The monoisotopic (exact) mass is 227 g/mol. The van der Waals surface area contributed by atoms with E-state index in [1.165, 1.54) is 18.2 Å². The summed E-state index contributed by atoms with van der Waals surface area (Å²) in [5.74, 6) is -1.02. The summed E-state index contributed by atoms with van der Waals surface area (Å²) in [5, 5.41) is 11.6. The first kappa shape index (κ1) is 9.97. The Hall–Kier alpha value is -1.56. The van der Waals surface area contributed by atoms with Crippen LogP contribution < -0.4 is 5.32 Å². The van der Waals surface area contributed by atoms with Crippen molar-refractivity contribution in [3.05, 3.63) is 23.8 Å². The fourth-order valence-electron chi connectivity index (χ4n) is 1.50. The third-order valence-electron chi connectivity index (χ3n) is 2.25. The van der Waals surface area contributed by atoms with E-state index >= 15 is 0 Å². The minimum atomic E-state index is -3.24. The summed E-state index contributed by atoms with van der Waals surface area (Å²) >= 11 is 0. The lowest BCUT2D eigenvalue weighted by atomic mass is 10.2. The van der Waals surface area contributed by atoms with E-state index in [4.69, 9.17) is 5.11 Å². The molecule has 0 saturated heterocycles. The van der Waals surface area contributed by atoms with Gasteiger partial charge in [0.15, 0.2) is 9.84 Å². The lowest BCUT2D eigenvalue weighted by molar-refractivity contribution is 0.0697. The topological polar surface area (TPSA) is 83.5 Å². The number of carboxylic acid groups (broad SMARTS) is 1. The van der Waals surface area contributed by atoms with Crippen molar-refractivity contribution in [2.45, 2.75) is 4.90 Å². The Labute approximate surface area is 86.7 Å². The van der Waals surface area contributed by atoms with Crippen LogP contribution in [0.15, 0.2) is 23.1 Å². The van der Waals surface area contributed by atoms with E-state index in [1.54, 1.807) is 0 Å². The van der Waals surface area contributed by atoms with Crippen molar-refractivity contribution in [1.29, 1.82) is 0 Å². The Morgan fingerprint density at radius 1 is 1.40 bits per heavy atom. The van der Waals surface area contributed by atoms with Gasteiger partial charge in [0.1, 0.15) is 0 Å². The second kappa shape index (κ2) is 3.23. The Morgan fingerprint density at radius 3 is 2.80 bits per heavy atom. The molecule has 1 aromatic carbocycles. The lowest BCUT2D eigenvalue weighted by Crippen LogP contribution is -2.23. The van der Waals surface area contributed by atoms with Crippen LogP contribution in [0.2, 0.25) is 0 Å². The van der Waals surface area contributed by atoms with Crippen LogP contribution in [0.1, 0.15) is 10.4 Å². The van der Waals surface area contributed by atoms with Crippen LogP contribution in [-0.2, 0) is 9.84 Å². The minimum Gasteiger partial charge on any atom is -0.478 e. The standard InChI is InChI=1S/C9H9NO4S/c11-9(12)6-1-2-8-7(5-6)10-3-4-15(8,13)14/h1-2,5,10H,3-4H2,(H,11,12). The van der Waals surface area contributed by atoms with Crippen LogP contribution in [-0.4, -0.2) is 31.8 Å². The van der Waals surface area contributed by atoms with Crippen molar-refractivity contribution in [3.63, 3.8) is 0 Å². The fourth-order valence-corrected chi connectivity index (χ4v) is 2.83. The third-order valence-corrected chi connectivity index (χ3v) is 4.02. The smallest absolute Gasteiger partial charge is 0.335 e. The molecule has 0 spiro atoms. The van der Waals surface area contributed by atoms with Crippen molar-refractivity contribution in [2.75, 3.05) is 17.6 Å². The molecule has 1 heterocycles. The molecule has 0 radical (unpaired) electrons. The zero-order valence-corrected chi connectivity index (χ0v) is 8.54. The van der Waals surface area contributed by atoms with Gasteiger partial charge in [-0.2, -0.15) is 0 Å². The summed E-state index contributed by atoms with van der Waals surface area (Å²) in [7, 11) is -3.24. The normalized spacial score (nSPS) is 17.6. The summed E-state index contributed by atoms with van der Waals surface area (Å²) in [5.41, 5.74) is 0.458. The van der Waals surface area contributed by atoms with E-state index in [9.17, 15) is 13.2 Å². The Morgan fingerprint density at radius 2 is 2.13 bits per heavy atom. The molecular weight excluding hydrogens is 218 g/mol. The molecule has 1 aliphatic heterocycles. The van der Waals surface area contributed by atoms with Crippen molar-refractivity contribution in [1.82, 2.24) is 0 Å². The molecule has 0 atom stereocenters. The third kappa shape index (κ3) is 1.68. The SMILES string of the molecule is O=C(O)c1ccc2c(c1)NCCS2(=O)=O. The van der Waals surface area contributed by atoms with Crippen molar-refractivity contribution in [3.8, 4) is 0 Å². The van der Waals surface area contributed by atoms with Gasteiger partial charge in [-0.15, -0.1) is 0 Å². The van der Waals surface area contributed by atoms with E-state index in [-0.39, 0.29) is 16.2 Å². The molecule has 1 aromatic rings. The van der Waals surface area contributed by atoms with E-state index in [1.807, 2.05) is 0 Å². The molecule has 0 bridgehead atoms. The molecule has 0 unspecified atom stereocenters. The van der Waals surface area contributed by atoms with Gasteiger partial charge >= 0.3 is 5.97 Å². The van der Waals surface area contributed by atoms with E-state index in [0.29, 0.717) is 12.2 Å². The highest BCUT2D eigenvalue weighted by molar-refractivity contribution is 7.91. The Kier molecular flexibility index (Phi) is 2.15. The van der Waals surface area contributed by atoms with Gasteiger partial charge < -0.3 is 10.4 Å². The van der Waals surface area contributed by atoms with Crippen LogP contribution in [0.3, 0.4) is 0 Å². The average Bonchev–Trinajstić information content (AvgIpc) is 2.16. The maximum Gasteiger partial charge on any atom is 0.335 e. The second-order valence-electron chi connectivity index (χ2n) is 3.26. The van der Waals surface area contributed by atoms with Gasteiger partial charge in [0.2, 0.25) is 0 Å². The number of rotatable bonds is 1. The number of aromatic carboxylic acids is 1. The van der Waals surface area contributed by atoms with Gasteiger partial charge in [-0.25, -0.2) is 13.2 Å². The second-order valence-corrected chi connectivity index (χ2v) is 5.34. The van der Waals surface area contributed by atoms with E-state index in [2.05, 4.69) is 5.32 Å². The summed E-state index contributed by atoms with van der Waals surface area (Å²) in [6.45, 7) is 0.318. The van der Waals surface area contributed by atoms with Gasteiger partial charge in [0.25, 0.3) is 0 Å². The first-order valence-corrected chi connectivity index (χ1v) is 6.00. The van der Waals surface area contributed by atoms with Gasteiger partial charge in [0.05, 0.1) is 21.9 Å². The number of sulfone groups is 1. The van der Waals surface area contributed by atoms with Gasteiger partial charge in [-0.1, -0.05) is 0 Å². The Balaban J connectivity index is 2.60. The zero-order valence-electron chi connectivity index (χ0n) is 7.73. The molecule has 6 heteroatoms. The number of nitrogens with one attached hydrogen (secondary N) is 1. The number of carbonyl (C=O) groups is 1. The summed E-state index contributed by atoms with van der Waals surface area (Å²) < 4.78 is 23.1. The summed E-state index contributed by atoms with van der Waals surface area (Å²) in [6.07, 6.45) is 0. The first-order chi connectivity index (χ1) is 7.00. The minimum absolute atomic E-state index is 0.0480. The molecular formula is C9H9NO4S. The highest BCUT2D eigenvalue weighted by Gasteiger charge is 2.23. The Bertz CT molecular complexity index is 521. The number of fused-ring (bicyclic) bond motifs is 1. The fraction of sp³-hybridized carbons (Fsp3) is 0.222. The van der Waals surface area contributed by atoms with Gasteiger partial charge in [0, 0.05) is 6.54 Å². The van der Waals surface area contributed by atoms with Gasteiger partial charge in [-0.05, 0) is 18.2 Å². The van der Waals surface area contributed by atoms with Crippen LogP contribution in [0.4, 0.5) is 5.69 Å². The zero-order chi connectivity index (χ0) is 11.1. The first-order valence-electron chi connectivity index (χ1n) is 4.35. The van der Waals surface area contributed by atoms with E-state index in [0.717, 1.165) is 0 Å². The van der Waals surface area contributed by atoms with Crippen LogP contribution in [0.5, 0.6) is 0 Å². The molecule has 0 amide bonds. The molecule has 0 saturated carbocycles. The number of anilines is 1. The number of carboxylic acids is 1. The molecule has 0 aromatic heterocycles. The molecule has 2 N–H and O–H groups in total. The maximum atomic E-state index is 11.6. The number of hydrogen-bond acceptors (Lipinski definition) is 4. The molecule has 5 nitrogen and oxygen atoms in total. The molecule has 1 aliphatic rings. The predicted molar refractivity (Wildman–Crippen MR) is 53.9 cm³/mol. The van der Waals surface area contributed by atoms with Crippen LogP contribution in [0.25, 0.3) is 0 Å². The average molecular weight is 227 g/mol. The molecule has 80 valence electrons. The molecule has 2 rings (SSSR count). The summed E-state index contributed by atoms with van der Waals surface area (Å²) in [6, 6.07) is 3.97. The predicted octanol–water partition coefficient (Wildman–Crippen LogP) is 0.584. The van der Waals surface area contributed by atoms with E-state index < -0.39 is 15.8 Å². The van der Waals surface area contributed by atoms with Gasteiger partial charge in [-0.3, -0.25) is 0 Å². The quantitative estimate of drug-likeness (QED) is 0.733. The number of benzene rings is 1. The molecule has 0 fully saturated rings. The summed E-state index contributed by atoms with van der Waals surface area (Å²) in [4.78, 5) is 10.9. The van der Waals surface area contributed by atoms with Crippen molar-refractivity contribution < 1.29 is 18.3 Å². The maximum absolute atomic E-state index is 11.6. The number of hydrogen-bond donors (Lipinski definition) is 2. The lowest BCUT2D eigenvalue weighted by Gasteiger charge is -2.18.